The van der Waals surface area contributed by atoms with E-state index in [9.17, 15) is 9.59 Å². The van der Waals surface area contributed by atoms with Crippen LogP contribution in [0.5, 0.6) is 11.5 Å². The number of benzene rings is 1. The number of nitrogens with zero attached hydrogens (tertiary/aromatic N) is 1. The first-order chi connectivity index (χ1) is 10.9. The molecule has 0 fully saturated rings. The summed E-state index contributed by atoms with van der Waals surface area (Å²) in [7, 11) is 0. The van der Waals surface area contributed by atoms with Gasteiger partial charge in [-0.05, 0) is 37.1 Å². The maximum absolute atomic E-state index is 11.9. The van der Waals surface area contributed by atoms with Crippen molar-refractivity contribution in [3.05, 3.63) is 54.7 Å². The fourth-order valence-corrected chi connectivity index (χ4v) is 1.93. The van der Waals surface area contributed by atoms with Gasteiger partial charge in [0.05, 0.1) is 5.69 Å². The molecule has 1 aliphatic rings. The Hall–Kier alpha value is -2.82. The van der Waals surface area contributed by atoms with Crippen LogP contribution in [0.25, 0.3) is 0 Å². The normalized spacial score (nSPS) is 13.4. The van der Waals surface area contributed by atoms with Gasteiger partial charge in [0, 0.05) is 18.2 Å². The lowest BCUT2D eigenvalue weighted by Gasteiger charge is -2.19. The summed E-state index contributed by atoms with van der Waals surface area (Å²) < 4.78 is 11.2. The predicted molar refractivity (Wildman–Crippen MR) is 88.7 cm³/mol. The highest BCUT2D eigenvalue weighted by molar-refractivity contribution is 6.28. The largest absolute Gasteiger partial charge is 0.489 e. The van der Waals surface area contributed by atoms with Crippen molar-refractivity contribution < 1.29 is 19.1 Å². The third-order valence-electron chi connectivity index (χ3n) is 2.94. The Balaban J connectivity index is 2.34. The first-order valence-electron chi connectivity index (χ1n) is 7.13. The second-order valence-corrected chi connectivity index (χ2v) is 5.47. The molecule has 2 rings (SSSR count). The van der Waals surface area contributed by atoms with E-state index in [1.807, 2.05) is 13.8 Å². The SMILES string of the molecule is C=C(C)COc1ccc(OCC(=C)C)c(N2C(=O)C=CC2=O)c1. The molecule has 0 saturated heterocycles. The van der Waals surface area contributed by atoms with Gasteiger partial charge >= 0.3 is 0 Å². The average molecular weight is 313 g/mol. The van der Waals surface area contributed by atoms with Gasteiger partial charge in [0.25, 0.3) is 11.8 Å². The lowest BCUT2D eigenvalue weighted by Crippen LogP contribution is -2.30. The molecular formula is C18H19NO4. The molecular weight excluding hydrogens is 294 g/mol. The van der Waals surface area contributed by atoms with Crippen molar-refractivity contribution in [2.75, 3.05) is 18.1 Å². The summed E-state index contributed by atoms with van der Waals surface area (Å²) in [6.45, 7) is 11.9. The molecule has 0 N–H and O–H groups in total. The van der Waals surface area contributed by atoms with Crippen LogP contribution < -0.4 is 14.4 Å². The molecule has 0 saturated carbocycles. The van der Waals surface area contributed by atoms with Gasteiger partial charge in [-0.3, -0.25) is 9.59 Å². The van der Waals surface area contributed by atoms with Gasteiger partial charge in [0.15, 0.2) is 0 Å². The second-order valence-electron chi connectivity index (χ2n) is 5.47. The van der Waals surface area contributed by atoms with Gasteiger partial charge < -0.3 is 9.47 Å². The lowest BCUT2D eigenvalue weighted by molar-refractivity contribution is -0.120. The van der Waals surface area contributed by atoms with E-state index in [2.05, 4.69) is 13.2 Å². The van der Waals surface area contributed by atoms with E-state index in [0.717, 1.165) is 16.0 Å². The third kappa shape index (κ3) is 4.10. The van der Waals surface area contributed by atoms with Crippen LogP contribution in [0.1, 0.15) is 13.8 Å². The van der Waals surface area contributed by atoms with Crippen LogP contribution >= 0.6 is 0 Å². The molecule has 1 heterocycles. The van der Waals surface area contributed by atoms with Crippen molar-refractivity contribution >= 4 is 17.5 Å². The number of imide groups is 1. The van der Waals surface area contributed by atoms with Gasteiger partial charge in [-0.25, -0.2) is 4.90 Å². The highest BCUT2D eigenvalue weighted by Gasteiger charge is 2.28. The Bertz CT molecular complexity index is 685. The van der Waals surface area contributed by atoms with Gasteiger partial charge in [0.1, 0.15) is 24.7 Å². The van der Waals surface area contributed by atoms with Crippen LogP contribution in [-0.4, -0.2) is 25.0 Å². The second kappa shape index (κ2) is 6.96. The van der Waals surface area contributed by atoms with Gasteiger partial charge in [0.2, 0.25) is 0 Å². The first-order valence-corrected chi connectivity index (χ1v) is 7.13. The minimum atomic E-state index is -0.410. The molecule has 120 valence electrons. The maximum Gasteiger partial charge on any atom is 0.258 e. The summed E-state index contributed by atoms with van der Waals surface area (Å²) in [6.07, 6.45) is 2.46. The molecule has 1 aromatic carbocycles. The number of carbonyl (C=O) groups is 2. The summed E-state index contributed by atoms with van der Waals surface area (Å²) in [4.78, 5) is 24.9. The Morgan fingerprint density at radius 1 is 1.00 bits per heavy atom. The van der Waals surface area contributed by atoms with Crippen LogP contribution in [0.2, 0.25) is 0 Å². The summed E-state index contributed by atoms with van der Waals surface area (Å²) >= 11 is 0. The molecule has 2 amide bonds. The number of hydrogen-bond donors (Lipinski definition) is 0. The van der Waals surface area contributed by atoms with Crippen molar-refractivity contribution in [1.29, 1.82) is 0 Å². The maximum atomic E-state index is 11.9. The minimum Gasteiger partial charge on any atom is -0.489 e. The van der Waals surface area contributed by atoms with Crippen molar-refractivity contribution in [2.24, 2.45) is 0 Å². The zero-order valence-corrected chi connectivity index (χ0v) is 13.3. The van der Waals surface area contributed by atoms with Gasteiger partial charge in [-0.2, -0.15) is 0 Å². The molecule has 5 nitrogen and oxygen atoms in total. The van der Waals surface area contributed by atoms with Crippen LogP contribution in [-0.2, 0) is 9.59 Å². The van der Waals surface area contributed by atoms with Crippen LogP contribution in [0, 0.1) is 0 Å². The fourth-order valence-electron chi connectivity index (χ4n) is 1.93. The highest BCUT2D eigenvalue weighted by atomic mass is 16.5. The smallest absolute Gasteiger partial charge is 0.258 e. The molecule has 23 heavy (non-hydrogen) atoms. The number of anilines is 1. The third-order valence-corrected chi connectivity index (χ3v) is 2.94. The standard InChI is InChI=1S/C18H19NO4/c1-12(2)10-22-14-5-6-16(23-11-13(3)4)15(9-14)19-17(20)7-8-18(19)21/h5-9H,1,3,10-11H2,2,4H3. The van der Waals surface area contributed by atoms with Crippen LogP contribution in [0.3, 0.4) is 0 Å². The van der Waals surface area contributed by atoms with E-state index >= 15 is 0 Å². The van der Waals surface area contributed by atoms with E-state index in [1.54, 1.807) is 18.2 Å². The minimum absolute atomic E-state index is 0.294. The monoisotopic (exact) mass is 313 g/mol. The quantitative estimate of drug-likeness (QED) is 0.573. The number of hydrogen-bond acceptors (Lipinski definition) is 4. The molecule has 0 spiro atoms. The van der Waals surface area contributed by atoms with E-state index in [4.69, 9.17) is 9.47 Å². The van der Waals surface area contributed by atoms with Crippen LogP contribution in [0.4, 0.5) is 5.69 Å². The molecule has 0 aliphatic carbocycles. The number of amides is 2. The first kappa shape index (κ1) is 16.5. The van der Waals surface area contributed by atoms with E-state index in [0.29, 0.717) is 30.4 Å². The molecule has 0 aromatic heterocycles. The van der Waals surface area contributed by atoms with Crippen molar-refractivity contribution in [2.45, 2.75) is 13.8 Å². The van der Waals surface area contributed by atoms with Crippen LogP contribution in [0.15, 0.2) is 54.7 Å². The predicted octanol–water partition coefficient (Wildman–Crippen LogP) is 3.03. The zero-order valence-electron chi connectivity index (χ0n) is 13.3. The molecule has 0 radical (unpaired) electrons. The zero-order chi connectivity index (χ0) is 17.0. The summed E-state index contributed by atoms with van der Waals surface area (Å²) in [6, 6.07) is 5.00. The number of ether oxygens (including phenoxy) is 2. The molecule has 0 atom stereocenters. The Morgan fingerprint density at radius 3 is 2.13 bits per heavy atom. The molecule has 5 heteroatoms. The molecule has 1 aliphatic heterocycles. The molecule has 0 unspecified atom stereocenters. The number of carbonyl (C=O) groups excluding carboxylic acids is 2. The van der Waals surface area contributed by atoms with Gasteiger partial charge in [-0.1, -0.05) is 13.2 Å². The topological polar surface area (TPSA) is 55.8 Å². The van der Waals surface area contributed by atoms with Crippen molar-refractivity contribution in [1.82, 2.24) is 0 Å². The average Bonchev–Trinajstić information content (AvgIpc) is 2.82. The summed E-state index contributed by atoms with van der Waals surface area (Å²) in [5.74, 6) is 0.124. The van der Waals surface area contributed by atoms with E-state index in [1.165, 1.54) is 12.2 Å². The van der Waals surface area contributed by atoms with E-state index in [-0.39, 0.29) is 0 Å². The van der Waals surface area contributed by atoms with E-state index < -0.39 is 11.8 Å². The fraction of sp³-hybridized carbons (Fsp3) is 0.222. The Labute approximate surface area is 135 Å². The van der Waals surface area contributed by atoms with Crippen molar-refractivity contribution in [3.63, 3.8) is 0 Å². The highest BCUT2D eigenvalue weighted by Crippen LogP contribution is 2.34. The summed E-state index contributed by atoms with van der Waals surface area (Å²) in [5, 5.41) is 0. The number of rotatable bonds is 7. The van der Waals surface area contributed by atoms with Gasteiger partial charge in [-0.15, -0.1) is 0 Å². The Kier molecular flexibility index (Phi) is 5.01. The van der Waals surface area contributed by atoms with Crippen molar-refractivity contribution in [3.8, 4) is 11.5 Å². The Morgan fingerprint density at radius 2 is 1.57 bits per heavy atom. The molecule has 0 bridgehead atoms. The lowest BCUT2D eigenvalue weighted by atomic mass is 10.2. The summed E-state index contributed by atoms with van der Waals surface area (Å²) in [5.41, 5.74) is 2.05. The molecule has 1 aromatic rings.